The second kappa shape index (κ2) is 29.5. The molecular weight excluding hydrogens is 1110 g/mol. The van der Waals surface area contributed by atoms with E-state index in [-0.39, 0.29) is 6.42 Å². The quantitative estimate of drug-likeness (QED) is 0.0452. The van der Waals surface area contributed by atoms with E-state index in [1.54, 1.807) is 20.8 Å². The minimum Gasteiger partial charge on any atom is -0.394 e. The standard InChI is InChI=1S/C46H82O35/c1-46(2,3)4-12(54)20(56)34(13(55)5-47)76-41-29(65)23(59)36(15(7-49)71-41)78-43-31(67)25(61)38(17(9-51)73-43)80-45-33(69)27(63)39(19(11-53)75-45)81-44-32(68)26(62)37(18(10-52)74-44)79-42-30(66)24(60)35(16(8-50)72-42)77-40-28(64)22(58)21(57)14(6-48)70-40/h12-45,47-69H,4-11H2,1-3H3/t12-,13+,14+,15+,16+,17+,18+,19+,20+,21+,22-,23+,24+,25+,26+,27+,28+,29+,30+,31+,32+,33+,34+,35+,36+,37+,38+,39+,40+,41+,42+,43+,44+,45+/m0/s1. The van der Waals surface area contributed by atoms with Crippen molar-refractivity contribution in [1.82, 2.24) is 0 Å². The second-order valence-electron chi connectivity index (χ2n) is 21.9. The Morgan fingerprint density at radius 1 is 0.321 bits per heavy atom. The van der Waals surface area contributed by atoms with Crippen LogP contribution in [-0.4, -0.2) is 372 Å². The minimum atomic E-state index is -2.23. The molecule has 6 rings (SSSR count). The van der Waals surface area contributed by atoms with E-state index in [2.05, 4.69) is 0 Å². The topological polar surface area (TPSA) is 576 Å². The molecule has 81 heavy (non-hydrogen) atoms. The van der Waals surface area contributed by atoms with Crippen molar-refractivity contribution in [2.45, 2.75) is 236 Å². The Morgan fingerprint density at radius 3 is 0.827 bits per heavy atom. The van der Waals surface area contributed by atoms with Gasteiger partial charge < -0.3 is 174 Å². The molecule has 0 aliphatic carbocycles. The van der Waals surface area contributed by atoms with Gasteiger partial charge in [0.05, 0.1) is 52.4 Å². The molecule has 6 heterocycles. The summed E-state index contributed by atoms with van der Waals surface area (Å²) in [6.45, 7) is -1.75. The van der Waals surface area contributed by atoms with Crippen LogP contribution in [0.4, 0.5) is 0 Å². The molecule has 35 heteroatoms. The summed E-state index contributed by atoms with van der Waals surface area (Å²) < 4.78 is 67.2. The molecule has 0 aromatic rings. The van der Waals surface area contributed by atoms with E-state index in [1.807, 2.05) is 0 Å². The Kier molecular flexibility index (Phi) is 25.1. The first kappa shape index (κ1) is 68.7. The molecule has 35 nitrogen and oxygen atoms in total. The van der Waals surface area contributed by atoms with Crippen molar-refractivity contribution >= 4 is 0 Å². The third-order valence-electron chi connectivity index (χ3n) is 14.8. The lowest BCUT2D eigenvalue weighted by molar-refractivity contribution is -0.397. The summed E-state index contributed by atoms with van der Waals surface area (Å²) in [7, 11) is 0. The lowest BCUT2D eigenvalue weighted by Crippen LogP contribution is -2.68. The highest BCUT2D eigenvalue weighted by atomic mass is 16.8. The summed E-state index contributed by atoms with van der Waals surface area (Å²) in [6.07, 6.45) is -65.7. The number of aliphatic hydroxyl groups is 23. The van der Waals surface area contributed by atoms with Gasteiger partial charge in [0.1, 0.15) is 165 Å². The van der Waals surface area contributed by atoms with Gasteiger partial charge in [-0.05, 0) is 11.8 Å². The van der Waals surface area contributed by atoms with E-state index < -0.39 is 260 Å². The van der Waals surface area contributed by atoms with Crippen LogP contribution in [0.2, 0.25) is 0 Å². The fourth-order valence-electron chi connectivity index (χ4n) is 10.2. The van der Waals surface area contributed by atoms with Gasteiger partial charge in [0.25, 0.3) is 0 Å². The molecule has 476 valence electrons. The van der Waals surface area contributed by atoms with Gasteiger partial charge in [0, 0.05) is 0 Å². The third-order valence-corrected chi connectivity index (χ3v) is 14.8. The van der Waals surface area contributed by atoms with E-state index in [0.717, 1.165) is 0 Å². The van der Waals surface area contributed by atoms with Crippen molar-refractivity contribution in [2.75, 3.05) is 46.2 Å². The summed E-state index contributed by atoms with van der Waals surface area (Å²) in [4.78, 5) is 0. The van der Waals surface area contributed by atoms with Crippen LogP contribution in [-0.2, 0) is 56.8 Å². The Hall–Kier alpha value is -1.40. The number of aliphatic hydroxyl groups excluding tert-OH is 23. The monoisotopic (exact) mass is 1190 g/mol. The zero-order valence-electron chi connectivity index (χ0n) is 44.0. The maximum absolute atomic E-state index is 11.3. The zero-order chi connectivity index (χ0) is 60.3. The smallest absolute Gasteiger partial charge is 0.187 e. The number of hydrogen-bond donors (Lipinski definition) is 23. The van der Waals surface area contributed by atoms with Crippen LogP contribution >= 0.6 is 0 Å². The van der Waals surface area contributed by atoms with Crippen molar-refractivity contribution in [3.63, 3.8) is 0 Å². The summed E-state index contributed by atoms with van der Waals surface area (Å²) in [6, 6.07) is 0. The van der Waals surface area contributed by atoms with Gasteiger partial charge in [0.15, 0.2) is 37.7 Å². The predicted octanol–water partition coefficient (Wildman–Crippen LogP) is -14.2. The van der Waals surface area contributed by atoms with Gasteiger partial charge in [-0.1, -0.05) is 20.8 Å². The molecule has 0 aromatic heterocycles. The first-order valence-corrected chi connectivity index (χ1v) is 26.1. The van der Waals surface area contributed by atoms with Gasteiger partial charge in [-0.2, -0.15) is 0 Å². The minimum absolute atomic E-state index is 0.0209. The Labute approximate surface area is 461 Å². The third kappa shape index (κ3) is 15.3. The first-order valence-electron chi connectivity index (χ1n) is 26.1. The van der Waals surface area contributed by atoms with Crippen LogP contribution in [0.3, 0.4) is 0 Å². The predicted molar refractivity (Wildman–Crippen MR) is 251 cm³/mol. The molecule has 0 spiro atoms. The molecule has 0 radical (unpaired) electrons. The Balaban J connectivity index is 1.06. The Bertz CT molecular complexity index is 1850. The van der Waals surface area contributed by atoms with Gasteiger partial charge in [-0.3, -0.25) is 0 Å². The van der Waals surface area contributed by atoms with Crippen LogP contribution < -0.4 is 0 Å². The fraction of sp³-hybridized carbons (Fsp3) is 1.00. The van der Waals surface area contributed by atoms with E-state index >= 15 is 0 Å². The van der Waals surface area contributed by atoms with E-state index in [0.29, 0.717) is 0 Å². The van der Waals surface area contributed by atoms with Crippen LogP contribution in [0, 0.1) is 5.41 Å². The molecule has 0 saturated carbocycles. The van der Waals surface area contributed by atoms with Gasteiger partial charge in [-0.15, -0.1) is 0 Å². The molecule has 0 aromatic carbocycles. The fourth-order valence-corrected chi connectivity index (χ4v) is 10.2. The Morgan fingerprint density at radius 2 is 0.568 bits per heavy atom. The van der Waals surface area contributed by atoms with Crippen LogP contribution in [0.15, 0.2) is 0 Å². The molecule has 0 unspecified atom stereocenters. The number of rotatable bonds is 23. The largest absolute Gasteiger partial charge is 0.394 e. The SMILES string of the molecule is CC(C)(C)C[C@H](O)[C@@H](O)[C@H](O[C@H]1O[C@H](CO)[C@@H](O[C@H]2O[C@H](CO)[C@@H](O[C@H]3O[C@H](CO)[C@@H](O[C@H]4O[C@H](CO)[C@@H](O[C@H]5O[C@H](CO)[C@@H](O[C@H]6O[C@H](CO)[C@@H](O)[C@H](O)[C@H]6O)[C@H](O)[C@H]5O)[C@H](O)[C@H]4O)[C@H](O)[C@H]3O)[C@H](O)[C@H]2O)[C@H](O)[C@H]1O)[C@H](O)CO. The molecule has 6 aliphatic rings. The van der Waals surface area contributed by atoms with Gasteiger partial charge in [-0.25, -0.2) is 0 Å². The lowest BCUT2D eigenvalue weighted by atomic mass is 9.86. The van der Waals surface area contributed by atoms with Crippen molar-refractivity contribution in [3.8, 4) is 0 Å². The molecule has 0 bridgehead atoms. The van der Waals surface area contributed by atoms with Crippen molar-refractivity contribution in [1.29, 1.82) is 0 Å². The maximum Gasteiger partial charge on any atom is 0.187 e. The summed E-state index contributed by atoms with van der Waals surface area (Å²) >= 11 is 0. The number of ether oxygens (including phenoxy) is 12. The van der Waals surface area contributed by atoms with E-state index in [1.165, 1.54) is 0 Å². The van der Waals surface area contributed by atoms with Crippen LogP contribution in [0.5, 0.6) is 0 Å². The van der Waals surface area contributed by atoms with Crippen LogP contribution in [0.25, 0.3) is 0 Å². The molecule has 0 amide bonds. The average molecular weight is 1200 g/mol. The highest BCUT2D eigenvalue weighted by Crippen LogP contribution is 2.37. The summed E-state index contributed by atoms with van der Waals surface area (Å²) in [5.74, 6) is 0. The van der Waals surface area contributed by atoms with Crippen molar-refractivity contribution in [2.24, 2.45) is 5.41 Å². The molecule has 23 N–H and O–H groups in total. The van der Waals surface area contributed by atoms with Crippen molar-refractivity contribution in [3.05, 3.63) is 0 Å². The molecule has 6 fully saturated rings. The second-order valence-corrected chi connectivity index (χ2v) is 21.9. The molecular formula is C46H82O35. The molecule has 6 aliphatic heterocycles. The van der Waals surface area contributed by atoms with Crippen molar-refractivity contribution < 1.29 is 174 Å². The highest BCUT2D eigenvalue weighted by molar-refractivity contribution is 5.00. The average Bonchev–Trinajstić information content (AvgIpc) is 3.64. The van der Waals surface area contributed by atoms with Gasteiger partial charge >= 0.3 is 0 Å². The summed E-state index contributed by atoms with van der Waals surface area (Å²) in [5, 5.41) is 245. The maximum atomic E-state index is 11.3. The van der Waals surface area contributed by atoms with Gasteiger partial charge in [0.2, 0.25) is 0 Å². The number of hydrogen-bond acceptors (Lipinski definition) is 35. The first-order chi connectivity index (χ1) is 38.1. The van der Waals surface area contributed by atoms with E-state index in [9.17, 15) is 117 Å². The summed E-state index contributed by atoms with van der Waals surface area (Å²) in [5.41, 5.74) is -0.539. The van der Waals surface area contributed by atoms with Crippen LogP contribution in [0.1, 0.15) is 27.2 Å². The zero-order valence-corrected chi connectivity index (χ0v) is 44.0. The normalized spacial score (nSPS) is 48.1. The lowest BCUT2D eigenvalue weighted by Gasteiger charge is -2.50. The highest BCUT2D eigenvalue weighted by Gasteiger charge is 2.58. The molecule has 6 saturated heterocycles. The molecule has 34 atom stereocenters. The van der Waals surface area contributed by atoms with E-state index in [4.69, 9.17) is 56.8 Å².